The van der Waals surface area contributed by atoms with E-state index < -0.39 is 10.0 Å². The van der Waals surface area contributed by atoms with Crippen molar-refractivity contribution in [2.75, 3.05) is 6.54 Å². The zero-order valence-corrected chi connectivity index (χ0v) is 12.9. The Bertz CT molecular complexity index is 687. The van der Waals surface area contributed by atoms with Gasteiger partial charge in [-0.05, 0) is 26.7 Å². The molecule has 0 radical (unpaired) electrons. The number of sulfonamides is 1. The van der Waals surface area contributed by atoms with Crippen molar-refractivity contribution < 1.29 is 12.9 Å². The van der Waals surface area contributed by atoms with E-state index in [1.165, 1.54) is 15.6 Å². The Kier molecular flexibility index (Phi) is 3.39. The predicted octanol–water partition coefficient (Wildman–Crippen LogP) is 2.27. The smallest absolute Gasteiger partial charge is 0.249 e. The summed E-state index contributed by atoms with van der Waals surface area (Å²) in [5.74, 6) is 0.340. The second kappa shape index (κ2) is 4.94. The number of hydrogen-bond donors (Lipinski definition) is 0. The van der Waals surface area contributed by atoms with Gasteiger partial charge in [-0.25, -0.2) is 13.4 Å². The zero-order valence-electron chi connectivity index (χ0n) is 11.2. The lowest BCUT2D eigenvalue weighted by Crippen LogP contribution is -2.31. The van der Waals surface area contributed by atoms with E-state index in [4.69, 9.17) is 4.52 Å². The van der Waals surface area contributed by atoms with E-state index in [0.29, 0.717) is 18.0 Å². The quantitative estimate of drug-likeness (QED) is 0.869. The predicted molar refractivity (Wildman–Crippen MR) is 74.0 cm³/mol. The lowest BCUT2D eigenvalue weighted by atomic mass is 10.2. The first-order valence-electron chi connectivity index (χ1n) is 6.36. The monoisotopic (exact) mass is 313 g/mol. The van der Waals surface area contributed by atoms with Crippen molar-refractivity contribution in [3.8, 4) is 0 Å². The zero-order chi connectivity index (χ0) is 14.3. The molecule has 0 N–H and O–H groups in total. The van der Waals surface area contributed by atoms with Crippen LogP contribution in [0.2, 0.25) is 0 Å². The lowest BCUT2D eigenvalue weighted by Gasteiger charge is -2.22. The summed E-state index contributed by atoms with van der Waals surface area (Å²) in [6.07, 6.45) is 3.35. The third-order valence-corrected chi connectivity index (χ3v) is 6.50. The summed E-state index contributed by atoms with van der Waals surface area (Å²) in [5.41, 5.74) is 0.410. The van der Waals surface area contributed by atoms with Crippen LogP contribution < -0.4 is 0 Å². The Hall–Kier alpha value is -1.25. The first-order valence-corrected chi connectivity index (χ1v) is 8.68. The van der Waals surface area contributed by atoms with Gasteiger partial charge in [0.15, 0.2) is 5.76 Å². The molecule has 1 saturated heterocycles. The lowest BCUT2D eigenvalue weighted by molar-refractivity contribution is 0.383. The van der Waals surface area contributed by atoms with Gasteiger partial charge in [-0.1, -0.05) is 5.16 Å². The molecule has 20 heavy (non-hydrogen) atoms. The van der Waals surface area contributed by atoms with E-state index in [1.807, 2.05) is 5.38 Å². The van der Waals surface area contributed by atoms with Crippen LogP contribution in [0.15, 0.2) is 21.0 Å². The molecule has 0 saturated carbocycles. The van der Waals surface area contributed by atoms with E-state index in [0.717, 1.165) is 17.8 Å². The summed E-state index contributed by atoms with van der Waals surface area (Å²) < 4.78 is 32.2. The number of thiazole rings is 1. The van der Waals surface area contributed by atoms with Gasteiger partial charge in [0.2, 0.25) is 10.0 Å². The average Bonchev–Trinajstić information content (AvgIpc) is 3.08. The van der Waals surface area contributed by atoms with Crippen molar-refractivity contribution in [2.45, 2.75) is 37.6 Å². The maximum absolute atomic E-state index is 12.8. The molecule has 1 fully saturated rings. The minimum absolute atomic E-state index is 0.173. The second-order valence-electron chi connectivity index (χ2n) is 4.80. The molecule has 2 aromatic heterocycles. The number of rotatable bonds is 3. The van der Waals surface area contributed by atoms with Crippen LogP contribution in [0.3, 0.4) is 0 Å². The maximum atomic E-state index is 12.8. The van der Waals surface area contributed by atoms with E-state index >= 15 is 0 Å². The minimum Gasteiger partial charge on any atom is -0.360 e. The van der Waals surface area contributed by atoms with Crippen molar-refractivity contribution in [1.29, 1.82) is 0 Å². The van der Waals surface area contributed by atoms with Crippen LogP contribution in [-0.2, 0) is 10.0 Å². The largest absolute Gasteiger partial charge is 0.360 e. The molecule has 0 aromatic carbocycles. The number of aryl methyl sites for hydroxylation is 2. The second-order valence-corrected chi connectivity index (χ2v) is 7.55. The molecule has 8 heteroatoms. The summed E-state index contributed by atoms with van der Waals surface area (Å²) >= 11 is 1.49. The van der Waals surface area contributed by atoms with Crippen LogP contribution in [0.4, 0.5) is 0 Å². The van der Waals surface area contributed by atoms with Gasteiger partial charge in [0.1, 0.15) is 15.6 Å². The molecule has 1 unspecified atom stereocenters. The van der Waals surface area contributed by atoms with Crippen LogP contribution in [-0.4, -0.2) is 29.4 Å². The summed E-state index contributed by atoms with van der Waals surface area (Å²) in [7, 11) is -3.59. The molecule has 1 aliphatic rings. The van der Waals surface area contributed by atoms with E-state index in [9.17, 15) is 8.42 Å². The minimum atomic E-state index is -3.59. The molecule has 0 amide bonds. The van der Waals surface area contributed by atoms with Crippen LogP contribution in [0, 0.1) is 13.8 Å². The van der Waals surface area contributed by atoms with Gasteiger partial charge in [0.25, 0.3) is 0 Å². The molecule has 2 aromatic rings. The van der Waals surface area contributed by atoms with Gasteiger partial charge in [0, 0.05) is 18.1 Å². The molecule has 0 spiro atoms. The highest BCUT2D eigenvalue weighted by Gasteiger charge is 2.40. The molecular formula is C12H15N3O3S2. The number of hydrogen-bond acceptors (Lipinski definition) is 6. The van der Waals surface area contributed by atoms with Crippen molar-refractivity contribution in [3.63, 3.8) is 0 Å². The van der Waals surface area contributed by atoms with Crippen LogP contribution in [0.25, 0.3) is 0 Å². The van der Waals surface area contributed by atoms with Gasteiger partial charge in [-0.3, -0.25) is 0 Å². The molecule has 1 atom stereocenters. The Labute approximate surface area is 121 Å². The summed E-state index contributed by atoms with van der Waals surface area (Å²) in [6, 6.07) is -0.173. The van der Waals surface area contributed by atoms with Crippen molar-refractivity contribution >= 4 is 21.4 Å². The Morgan fingerprint density at radius 3 is 2.85 bits per heavy atom. The molecular weight excluding hydrogens is 298 g/mol. The van der Waals surface area contributed by atoms with Crippen molar-refractivity contribution in [3.05, 3.63) is 28.0 Å². The van der Waals surface area contributed by atoms with Gasteiger partial charge in [0.05, 0.1) is 6.04 Å². The average molecular weight is 313 g/mol. The van der Waals surface area contributed by atoms with E-state index in [1.54, 1.807) is 20.0 Å². The standard InChI is InChI=1S/C12H15N3O3S2/c1-8-11(9(2)18-14-8)20(16,17)15-6-3-4-10(15)12-13-5-7-19-12/h5,7,10H,3-4,6H2,1-2H3. The fourth-order valence-corrected chi connectivity index (χ4v) is 5.44. The molecule has 3 heterocycles. The molecule has 108 valence electrons. The fourth-order valence-electron chi connectivity index (χ4n) is 2.63. The first kappa shape index (κ1) is 13.7. The Morgan fingerprint density at radius 1 is 1.45 bits per heavy atom. The highest BCUT2D eigenvalue weighted by molar-refractivity contribution is 7.89. The summed E-state index contributed by atoms with van der Waals surface area (Å²) in [4.78, 5) is 4.46. The van der Waals surface area contributed by atoms with Gasteiger partial charge in [-0.2, -0.15) is 4.31 Å². The number of nitrogens with zero attached hydrogens (tertiary/aromatic N) is 3. The molecule has 1 aliphatic heterocycles. The van der Waals surface area contributed by atoms with Crippen molar-refractivity contribution in [1.82, 2.24) is 14.4 Å². The SMILES string of the molecule is Cc1noc(C)c1S(=O)(=O)N1CCCC1c1nccs1. The molecule has 6 nitrogen and oxygen atoms in total. The van der Waals surface area contributed by atoms with Gasteiger partial charge in [-0.15, -0.1) is 11.3 Å². The number of aromatic nitrogens is 2. The van der Waals surface area contributed by atoms with E-state index in [-0.39, 0.29) is 10.9 Å². The molecule has 0 aliphatic carbocycles. The highest BCUT2D eigenvalue weighted by atomic mass is 32.2. The van der Waals surface area contributed by atoms with Crippen molar-refractivity contribution in [2.24, 2.45) is 0 Å². The maximum Gasteiger partial charge on any atom is 0.249 e. The normalized spacial score (nSPS) is 20.6. The van der Waals surface area contributed by atoms with Gasteiger partial charge >= 0.3 is 0 Å². The fraction of sp³-hybridized carbons (Fsp3) is 0.500. The van der Waals surface area contributed by atoms with Gasteiger partial charge < -0.3 is 4.52 Å². The topological polar surface area (TPSA) is 76.3 Å². The highest BCUT2D eigenvalue weighted by Crippen LogP contribution is 2.38. The third-order valence-electron chi connectivity index (χ3n) is 3.47. The first-order chi connectivity index (χ1) is 9.51. The van der Waals surface area contributed by atoms with E-state index in [2.05, 4.69) is 10.1 Å². The van der Waals surface area contributed by atoms with Crippen LogP contribution >= 0.6 is 11.3 Å². The Morgan fingerprint density at radius 2 is 2.25 bits per heavy atom. The Balaban J connectivity index is 2.03. The molecule has 3 rings (SSSR count). The summed E-state index contributed by atoms with van der Waals surface area (Å²) in [5, 5.41) is 6.46. The molecule has 0 bridgehead atoms. The third kappa shape index (κ3) is 2.07. The van der Waals surface area contributed by atoms with Crippen LogP contribution in [0.5, 0.6) is 0 Å². The van der Waals surface area contributed by atoms with Crippen LogP contribution in [0.1, 0.15) is 35.3 Å². The summed E-state index contributed by atoms with van der Waals surface area (Å²) in [6.45, 7) is 3.79.